The van der Waals surface area contributed by atoms with E-state index in [4.69, 9.17) is 5.11 Å². The van der Waals surface area contributed by atoms with Crippen molar-refractivity contribution in [1.82, 2.24) is 4.72 Å². The summed E-state index contributed by atoms with van der Waals surface area (Å²) in [6, 6.07) is 6.88. The van der Waals surface area contributed by atoms with Gasteiger partial charge in [-0.3, -0.25) is 0 Å². The summed E-state index contributed by atoms with van der Waals surface area (Å²) in [5.41, 5.74) is 0.989. The molecule has 0 fully saturated rings. The molecular weight excluding hydrogens is 238 g/mol. The zero-order valence-electron chi connectivity index (χ0n) is 10.2. The lowest BCUT2D eigenvalue weighted by Crippen LogP contribution is -2.26. The van der Waals surface area contributed by atoms with E-state index in [9.17, 15) is 8.42 Å². The van der Waals surface area contributed by atoms with Gasteiger partial charge in [0.25, 0.3) is 0 Å². The Hall–Kier alpha value is -0.910. The minimum absolute atomic E-state index is 0.246. The maximum Gasteiger partial charge on any atom is 0.240 e. The fourth-order valence-electron chi connectivity index (χ4n) is 1.42. The largest absolute Gasteiger partial charge is 0.393 e. The summed E-state index contributed by atoms with van der Waals surface area (Å²) >= 11 is 0. The Bertz CT molecular complexity index is 455. The molecule has 0 aliphatic carbocycles. The summed E-state index contributed by atoms with van der Waals surface area (Å²) in [6.45, 7) is 3.86. The highest BCUT2D eigenvalue weighted by molar-refractivity contribution is 7.89. The Morgan fingerprint density at radius 2 is 2.12 bits per heavy atom. The van der Waals surface area contributed by atoms with Crippen LogP contribution in [0.25, 0.3) is 0 Å². The molecule has 4 nitrogen and oxygen atoms in total. The number of sulfonamides is 1. The van der Waals surface area contributed by atoms with Crippen LogP contribution in [0.5, 0.6) is 0 Å². The van der Waals surface area contributed by atoms with Gasteiger partial charge in [-0.15, -0.1) is 0 Å². The van der Waals surface area contributed by atoms with Crippen LogP contribution < -0.4 is 4.72 Å². The highest BCUT2D eigenvalue weighted by atomic mass is 32.2. The van der Waals surface area contributed by atoms with Gasteiger partial charge in [-0.1, -0.05) is 19.1 Å². The third-order valence-electron chi connectivity index (χ3n) is 2.47. The van der Waals surface area contributed by atoms with Gasteiger partial charge in [-0.2, -0.15) is 0 Å². The summed E-state index contributed by atoms with van der Waals surface area (Å²) < 4.78 is 26.2. The highest BCUT2D eigenvalue weighted by Gasteiger charge is 2.13. The Labute approximate surface area is 103 Å². The molecule has 0 saturated heterocycles. The number of nitrogens with one attached hydrogen (secondary N) is 1. The summed E-state index contributed by atoms with van der Waals surface area (Å²) in [5.74, 6) is 0. The van der Waals surface area contributed by atoms with Crippen molar-refractivity contribution >= 4 is 10.0 Å². The predicted molar refractivity (Wildman–Crippen MR) is 67.3 cm³/mol. The first-order valence-corrected chi connectivity index (χ1v) is 7.20. The SMILES string of the molecule is CCc1cccc(S(=O)(=O)NCCC(C)O)c1. The van der Waals surface area contributed by atoms with Gasteiger partial charge in [0.05, 0.1) is 11.0 Å². The van der Waals surface area contributed by atoms with Gasteiger partial charge in [0.15, 0.2) is 0 Å². The van der Waals surface area contributed by atoms with Gasteiger partial charge in [-0.05, 0) is 37.5 Å². The number of aliphatic hydroxyl groups is 1. The number of aryl methyl sites for hydroxylation is 1. The van der Waals surface area contributed by atoms with Crippen molar-refractivity contribution in [2.45, 2.75) is 37.7 Å². The van der Waals surface area contributed by atoms with Crippen molar-refractivity contribution in [3.63, 3.8) is 0 Å². The predicted octanol–water partition coefficient (Wildman–Crippen LogP) is 1.30. The molecule has 0 aromatic heterocycles. The zero-order valence-corrected chi connectivity index (χ0v) is 11.0. The monoisotopic (exact) mass is 257 g/mol. The first-order valence-electron chi connectivity index (χ1n) is 5.72. The molecule has 0 aliphatic rings. The normalized spacial score (nSPS) is 13.6. The lowest BCUT2D eigenvalue weighted by Gasteiger charge is -2.08. The molecule has 0 bridgehead atoms. The van der Waals surface area contributed by atoms with E-state index >= 15 is 0 Å². The van der Waals surface area contributed by atoms with Crippen LogP contribution in [0.2, 0.25) is 0 Å². The molecular formula is C12H19NO3S. The lowest BCUT2D eigenvalue weighted by molar-refractivity contribution is 0.186. The van der Waals surface area contributed by atoms with Crippen LogP contribution in [-0.2, 0) is 16.4 Å². The van der Waals surface area contributed by atoms with Crippen LogP contribution >= 0.6 is 0 Å². The lowest BCUT2D eigenvalue weighted by atomic mass is 10.2. The van der Waals surface area contributed by atoms with E-state index in [1.54, 1.807) is 25.1 Å². The van der Waals surface area contributed by atoms with Crippen molar-refractivity contribution in [1.29, 1.82) is 0 Å². The first kappa shape index (κ1) is 14.2. The molecule has 2 N–H and O–H groups in total. The molecule has 96 valence electrons. The molecule has 1 unspecified atom stereocenters. The van der Waals surface area contributed by atoms with Crippen molar-refractivity contribution in [2.24, 2.45) is 0 Å². The molecule has 0 aliphatic heterocycles. The quantitative estimate of drug-likeness (QED) is 0.807. The highest BCUT2D eigenvalue weighted by Crippen LogP contribution is 2.11. The molecule has 1 aromatic carbocycles. The number of hydrogen-bond acceptors (Lipinski definition) is 3. The summed E-state index contributed by atoms with van der Waals surface area (Å²) in [5, 5.41) is 9.07. The first-order chi connectivity index (χ1) is 7.95. The van der Waals surface area contributed by atoms with Crippen LogP contribution in [0, 0.1) is 0 Å². The smallest absolute Gasteiger partial charge is 0.240 e. The van der Waals surface area contributed by atoms with Gasteiger partial charge in [-0.25, -0.2) is 13.1 Å². The van der Waals surface area contributed by atoms with Gasteiger partial charge < -0.3 is 5.11 Å². The second kappa shape index (κ2) is 6.14. The van der Waals surface area contributed by atoms with E-state index in [2.05, 4.69) is 4.72 Å². The average Bonchev–Trinajstić information content (AvgIpc) is 2.28. The number of hydrogen-bond donors (Lipinski definition) is 2. The standard InChI is InChI=1S/C12H19NO3S/c1-3-11-5-4-6-12(9-11)17(15,16)13-8-7-10(2)14/h4-6,9-10,13-14H,3,7-8H2,1-2H3. The fourth-order valence-corrected chi connectivity index (χ4v) is 2.54. The van der Waals surface area contributed by atoms with E-state index in [1.165, 1.54) is 0 Å². The topological polar surface area (TPSA) is 66.4 Å². The van der Waals surface area contributed by atoms with Crippen LogP contribution in [0.15, 0.2) is 29.2 Å². The van der Waals surface area contributed by atoms with Crippen LogP contribution in [0.1, 0.15) is 25.8 Å². The molecule has 0 heterocycles. The fraction of sp³-hybridized carbons (Fsp3) is 0.500. The third kappa shape index (κ3) is 4.46. The molecule has 17 heavy (non-hydrogen) atoms. The Morgan fingerprint density at radius 3 is 2.71 bits per heavy atom. The summed E-state index contributed by atoms with van der Waals surface area (Å²) in [7, 11) is -3.45. The van der Waals surface area contributed by atoms with Crippen LogP contribution in [-0.4, -0.2) is 26.2 Å². The van der Waals surface area contributed by atoms with E-state index in [-0.39, 0.29) is 11.4 Å². The maximum atomic E-state index is 11.9. The van der Waals surface area contributed by atoms with E-state index < -0.39 is 16.1 Å². The minimum Gasteiger partial charge on any atom is -0.393 e. The minimum atomic E-state index is -3.45. The van der Waals surface area contributed by atoms with Crippen molar-refractivity contribution in [2.75, 3.05) is 6.54 Å². The Morgan fingerprint density at radius 1 is 1.41 bits per heavy atom. The molecule has 0 spiro atoms. The third-order valence-corrected chi connectivity index (χ3v) is 3.93. The van der Waals surface area contributed by atoms with Crippen molar-refractivity contribution in [3.05, 3.63) is 29.8 Å². The van der Waals surface area contributed by atoms with Gasteiger partial charge in [0.1, 0.15) is 0 Å². The van der Waals surface area contributed by atoms with E-state index in [0.29, 0.717) is 6.42 Å². The number of rotatable bonds is 6. The van der Waals surface area contributed by atoms with Gasteiger partial charge in [0.2, 0.25) is 10.0 Å². The molecule has 0 saturated carbocycles. The molecule has 1 rings (SSSR count). The molecule has 5 heteroatoms. The Kier molecular flexibility index (Phi) is 5.11. The van der Waals surface area contributed by atoms with Crippen molar-refractivity contribution in [3.8, 4) is 0 Å². The Balaban J connectivity index is 2.75. The molecule has 1 atom stereocenters. The number of benzene rings is 1. The van der Waals surface area contributed by atoms with Gasteiger partial charge >= 0.3 is 0 Å². The zero-order chi connectivity index (χ0) is 12.9. The van der Waals surface area contributed by atoms with Crippen LogP contribution in [0.3, 0.4) is 0 Å². The molecule has 1 aromatic rings. The van der Waals surface area contributed by atoms with Crippen molar-refractivity contribution < 1.29 is 13.5 Å². The van der Waals surface area contributed by atoms with E-state index in [1.807, 2.05) is 13.0 Å². The average molecular weight is 257 g/mol. The second-order valence-corrected chi connectivity index (χ2v) is 5.80. The molecule has 0 amide bonds. The molecule has 0 radical (unpaired) electrons. The summed E-state index contributed by atoms with van der Waals surface area (Å²) in [6.07, 6.45) is 0.712. The number of aliphatic hydroxyl groups excluding tert-OH is 1. The maximum absolute atomic E-state index is 11.9. The second-order valence-electron chi connectivity index (χ2n) is 4.04. The summed E-state index contributed by atoms with van der Waals surface area (Å²) in [4.78, 5) is 0.280. The van der Waals surface area contributed by atoms with Crippen LogP contribution in [0.4, 0.5) is 0 Å². The van der Waals surface area contributed by atoms with Gasteiger partial charge in [0, 0.05) is 6.54 Å². The van der Waals surface area contributed by atoms with E-state index in [0.717, 1.165) is 12.0 Å².